The van der Waals surface area contributed by atoms with Crippen molar-refractivity contribution in [1.82, 2.24) is 9.97 Å². The zero-order valence-electron chi connectivity index (χ0n) is 11.2. The van der Waals surface area contributed by atoms with Crippen LogP contribution in [0.4, 0.5) is 13.2 Å². The highest BCUT2D eigenvalue weighted by Gasteiger charge is 2.32. The van der Waals surface area contributed by atoms with Gasteiger partial charge in [0.1, 0.15) is 5.69 Å². The molecule has 0 fully saturated rings. The van der Waals surface area contributed by atoms with E-state index in [1.807, 2.05) is 19.9 Å². The van der Waals surface area contributed by atoms with Gasteiger partial charge in [0.15, 0.2) is 0 Å². The summed E-state index contributed by atoms with van der Waals surface area (Å²) in [5.74, 6) is 0. The third-order valence-corrected chi connectivity index (χ3v) is 3.17. The summed E-state index contributed by atoms with van der Waals surface area (Å²) in [6, 6.07) is 4.46. The lowest BCUT2D eigenvalue weighted by Gasteiger charge is -2.11. The highest BCUT2D eigenvalue weighted by molar-refractivity contribution is 5.65. The molecule has 20 heavy (non-hydrogen) atoms. The van der Waals surface area contributed by atoms with Crippen LogP contribution in [-0.4, -0.2) is 9.97 Å². The highest BCUT2D eigenvalue weighted by Crippen LogP contribution is 2.30. The number of H-pyrrole nitrogens is 1. The smallest absolute Gasteiger partial charge is 0.302 e. The summed E-state index contributed by atoms with van der Waals surface area (Å²) < 4.78 is 38.1. The number of alkyl halides is 3. The minimum Gasteiger partial charge on any atom is -0.302 e. The summed E-state index contributed by atoms with van der Waals surface area (Å²) in [6.07, 6.45) is -4.61. The first-order chi connectivity index (χ1) is 9.18. The predicted octanol–water partition coefficient (Wildman–Crippen LogP) is 3.38. The maximum atomic E-state index is 12.7. The van der Waals surface area contributed by atoms with Gasteiger partial charge in [-0.2, -0.15) is 18.2 Å². The molecule has 1 aromatic carbocycles. The summed E-state index contributed by atoms with van der Waals surface area (Å²) in [5.41, 5.74) is 1.21. The Kier molecular flexibility index (Phi) is 3.41. The van der Waals surface area contributed by atoms with E-state index in [1.54, 1.807) is 18.0 Å². The van der Waals surface area contributed by atoms with Gasteiger partial charge in [-0.15, -0.1) is 0 Å². The van der Waals surface area contributed by atoms with Gasteiger partial charge in [-0.05, 0) is 49.6 Å². The number of hydrogen-bond acceptors (Lipinski definition) is 2. The molecule has 0 aliphatic rings. The lowest BCUT2D eigenvalue weighted by atomic mass is 9.98. The predicted molar refractivity (Wildman–Crippen MR) is 69.5 cm³/mol. The molecule has 0 radical (unpaired) electrons. The molecular formula is C14H13F3N2O. The third-order valence-electron chi connectivity index (χ3n) is 3.17. The minimum absolute atomic E-state index is 0.0293. The quantitative estimate of drug-likeness (QED) is 0.871. The minimum atomic E-state index is -4.61. The Morgan fingerprint density at radius 3 is 2.20 bits per heavy atom. The lowest BCUT2D eigenvalue weighted by Crippen LogP contribution is -2.19. The van der Waals surface area contributed by atoms with Crippen molar-refractivity contribution in [1.29, 1.82) is 0 Å². The molecule has 0 aliphatic carbocycles. The van der Waals surface area contributed by atoms with Gasteiger partial charge in [0, 0.05) is 5.56 Å². The van der Waals surface area contributed by atoms with Crippen molar-refractivity contribution in [2.24, 2.45) is 0 Å². The second-order valence-electron chi connectivity index (χ2n) is 4.73. The van der Waals surface area contributed by atoms with E-state index >= 15 is 0 Å². The van der Waals surface area contributed by atoms with Crippen LogP contribution in [0.1, 0.15) is 22.4 Å². The largest absolute Gasteiger partial charge is 0.431 e. The van der Waals surface area contributed by atoms with Gasteiger partial charge in [-0.1, -0.05) is 6.07 Å². The zero-order valence-corrected chi connectivity index (χ0v) is 11.2. The molecule has 1 N–H and O–H groups in total. The van der Waals surface area contributed by atoms with Crippen molar-refractivity contribution >= 4 is 0 Å². The van der Waals surface area contributed by atoms with E-state index in [1.165, 1.54) is 0 Å². The number of benzene rings is 1. The lowest BCUT2D eigenvalue weighted by molar-refractivity contribution is -0.141. The van der Waals surface area contributed by atoms with Crippen molar-refractivity contribution in [2.75, 3.05) is 0 Å². The molecule has 0 aliphatic heterocycles. The summed E-state index contributed by atoms with van der Waals surface area (Å²) in [6.45, 7) is 5.55. The van der Waals surface area contributed by atoms with Crippen LogP contribution in [0, 0.1) is 20.8 Å². The van der Waals surface area contributed by atoms with Crippen LogP contribution in [0.25, 0.3) is 11.3 Å². The fourth-order valence-electron chi connectivity index (χ4n) is 1.98. The van der Waals surface area contributed by atoms with Crippen molar-refractivity contribution < 1.29 is 13.2 Å². The van der Waals surface area contributed by atoms with Crippen LogP contribution in [-0.2, 0) is 6.18 Å². The fourth-order valence-corrected chi connectivity index (χ4v) is 1.98. The summed E-state index contributed by atoms with van der Waals surface area (Å²) >= 11 is 0. The first-order valence-corrected chi connectivity index (χ1v) is 5.95. The standard InChI is InChI=1S/C14H13F3N2O/c1-7-4-9(3)10(5-8(7)2)11-6-12(14(15,16)17)19-13(20)18-11/h4-6H,1-3H3,(H,18,19,20). The molecule has 0 saturated heterocycles. The molecular weight excluding hydrogens is 269 g/mol. The maximum Gasteiger partial charge on any atom is 0.431 e. The Bertz CT molecular complexity index is 717. The molecule has 0 unspecified atom stereocenters. The van der Waals surface area contributed by atoms with Crippen molar-refractivity contribution in [3.05, 3.63) is 51.1 Å². The maximum absolute atomic E-state index is 12.7. The Morgan fingerprint density at radius 2 is 1.60 bits per heavy atom. The van der Waals surface area contributed by atoms with E-state index in [0.29, 0.717) is 5.56 Å². The fraction of sp³-hybridized carbons (Fsp3) is 0.286. The number of aromatic amines is 1. The summed E-state index contributed by atoms with van der Waals surface area (Å²) in [4.78, 5) is 16.7. The van der Waals surface area contributed by atoms with Crippen LogP contribution in [0.5, 0.6) is 0 Å². The van der Waals surface area contributed by atoms with Gasteiger partial charge >= 0.3 is 11.9 Å². The van der Waals surface area contributed by atoms with E-state index in [2.05, 4.69) is 4.98 Å². The molecule has 2 rings (SSSR count). The number of aromatic nitrogens is 2. The second-order valence-corrected chi connectivity index (χ2v) is 4.73. The third kappa shape index (κ3) is 2.74. The Labute approximate surface area is 113 Å². The topological polar surface area (TPSA) is 45.8 Å². The average Bonchev–Trinajstić information content (AvgIpc) is 2.32. The van der Waals surface area contributed by atoms with E-state index in [9.17, 15) is 18.0 Å². The number of rotatable bonds is 1. The molecule has 1 aromatic heterocycles. The molecule has 0 bridgehead atoms. The number of aryl methyl sites for hydroxylation is 3. The van der Waals surface area contributed by atoms with Gasteiger partial charge in [0.25, 0.3) is 0 Å². The highest BCUT2D eigenvalue weighted by atomic mass is 19.4. The van der Waals surface area contributed by atoms with Crippen LogP contribution < -0.4 is 5.69 Å². The van der Waals surface area contributed by atoms with Crippen LogP contribution in [0.15, 0.2) is 23.0 Å². The van der Waals surface area contributed by atoms with Crippen molar-refractivity contribution in [3.63, 3.8) is 0 Å². The second kappa shape index (κ2) is 4.77. The number of nitrogens with one attached hydrogen (secondary N) is 1. The van der Waals surface area contributed by atoms with Gasteiger partial charge in [-0.25, -0.2) is 4.79 Å². The van der Waals surface area contributed by atoms with Gasteiger partial charge in [-0.3, -0.25) is 0 Å². The SMILES string of the molecule is Cc1cc(C)c(-c2cc(C(F)(F)F)[nH]c(=O)n2)cc1C. The van der Waals surface area contributed by atoms with Crippen LogP contribution in [0.2, 0.25) is 0 Å². The normalized spacial score (nSPS) is 11.7. The van der Waals surface area contributed by atoms with Crippen molar-refractivity contribution in [3.8, 4) is 11.3 Å². The van der Waals surface area contributed by atoms with E-state index < -0.39 is 17.6 Å². The molecule has 0 saturated carbocycles. The van der Waals surface area contributed by atoms with Crippen LogP contribution in [0.3, 0.4) is 0 Å². The van der Waals surface area contributed by atoms with E-state index in [-0.39, 0.29) is 5.69 Å². The molecule has 106 valence electrons. The molecule has 6 heteroatoms. The molecule has 2 aromatic rings. The first kappa shape index (κ1) is 14.3. The van der Waals surface area contributed by atoms with E-state index in [0.717, 1.165) is 22.8 Å². The van der Waals surface area contributed by atoms with Crippen LogP contribution >= 0.6 is 0 Å². The zero-order chi connectivity index (χ0) is 15.1. The average molecular weight is 282 g/mol. The van der Waals surface area contributed by atoms with Gasteiger partial charge < -0.3 is 4.98 Å². The molecule has 1 heterocycles. The Hall–Kier alpha value is -2.11. The molecule has 0 amide bonds. The molecule has 0 spiro atoms. The van der Waals surface area contributed by atoms with Gasteiger partial charge in [0.2, 0.25) is 0 Å². The summed E-state index contributed by atoms with van der Waals surface area (Å²) in [7, 11) is 0. The number of nitrogens with zero attached hydrogens (tertiary/aromatic N) is 1. The van der Waals surface area contributed by atoms with E-state index in [4.69, 9.17) is 0 Å². The molecule has 3 nitrogen and oxygen atoms in total. The summed E-state index contributed by atoms with van der Waals surface area (Å²) in [5, 5.41) is 0. The Balaban J connectivity index is 2.68. The van der Waals surface area contributed by atoms with Gasteiger partial charge in [0.05, 0.1) is 5.69 Å². The van der Waals surface area contributed by atoms with Crippen molar-refractivity contribution in [2.45, 2.75) is 26.9 Å². The number of hydrogen-bond donors (Lipinski definition) is 1. The molecule has 0 atom stereocenters. The number of halogens is 3. The first-order valence-electron chi connectivity index (χ1n) is 5.95. The Morgan fingerprint density at radius 1 is 1.00 bits per heavy atom. The monoisotopic (exact) mass is 282 g/mol.